The second-order valence-corrected chi connectivity index (χ2v) is 2.59. The van der Waals surface area contributed by atoms with Gasteiger partial charge < -0.3 is 5.73 Å². The SMILES string of the molecule is Cc1cc(N)c([N+](=O)[O-])cc1C#N. The number of benzene rings is 1. The third kappa shape index (κ3) is 1.56. The number of nitrogens with two attached hydrogens (primary N) is 1. The number of nitro benzene ring substituents is 1. The molecule has 2 N–H and O–H groups in total. The molecular weight excluding hydrogens is 170 g/mol. The van der Waals surface area contributed by atoms with Gasteiger partial charge in [0.1, 0.15) is 5.69 Å². The molecule has 0 spiro atoms. The number of hydrogen-bond acceptors (Lipinski definition) is 4. The minimum absolute atomic E-state index is 0.0847. The van der Waals surface area contributed by atoms with Gasteiger partial charge >= 0.3 is 0 Å². The lowest BCUT2D eigenvalue weighted by atomic mass is 10.1. The number of hydrogen-bond donors (Lipinski definition) is 1. The first-order valence-corrected chi connectivity index (χ1v) is 3.51. The second-order valence-electron chi connectivity index (χ2n) is 2.59. The maximum Gasteiger partial charge on any atom is 0.293 e. The van der Waals surface area contributed by atoms with Crippen LogP contribution >= 0.6 is 0 Å². The maximum absolute atomic E-state index is 10.4. The molecule has 66 valence electrons. The van der Waals surface area contributed by atoms with Gasteiger partial charge in [0.25, 0.3) is 5.69 Å². The molecule has 0 aliphatic heterocycles. The summed E-state index contributed by atoms with van der Waals surface area (Å²) in [6, 6.07) is 4.47. The van der Waals surface area contributed by atoms with Crippen LogP contribution in [-0.4, -0.2) is 4.92 Å². The average molecular weight is 177 g/mol. The monoisotopic (exact) mass is 177 g/mol. The maximum atomic E-state index is 10.4. The summed E-state index contributed by atoms with van der Waals surface area (Å²) in [6.45, 7) is 1.68. The lowest BCUT2D eigenvalue weighted by Crippen LogP contribution is -1.97. The largest absolute Gasteiger partial charge is 0.393 e. The average Bonchev–Trinajstić information content (AvgIpc) is 2.03. The molecule has 0 bridgehead atoms. The number of nitrogens with zero attached hydrogens (tertiary/aromatic N) is 2. The summed E-state index contributed by atoms with van der Waals surface area (Å²) >= 11 is 0. The summed E-state index contributed by atoms with van der Waals surface area (Å²) in [6.07, 6.45) is 0. The lowest BCUT2D eigenvalue weighted by molar-refractivity contribution is -0.383. The van der Waals surface area contributed by atoms with Crippen molar-refractivity contribution in [3.8, 4) is 6.07 Å². The standard InChI is InChI=1S/C8H7N3O2/c1-5-2-7(10)8(11(12)13)3-6(5)4-9/h2-3H,10H2,1H3. The lowest BCUT2D eigenvalue weighted by Gasteiger charge is -2.00. The molecule has 0 heterocycles. The molecule has 1 aromatic rings. The zero-order chi connectivity index (χ0) is 10.0. The van der Waals surface area contributed by atoms with E-state index in [-0.39, 0.29) is 16.9 Å². The minimum Gasteiger partial charge on any atom is -0.393 e. The van der Waals surface area contributed by atoms with Crippen molar-refractivity contribution in [2.45, 2.75) is 6.92 Å². The molecule has 0 aliphatic rings. The van der Waals surface area contributed by atoms with Crippen molar-refractivity contribution in [2.75, 3.05) is 5.73 Å². The van der Waals surface area contributed by atoms with Crippen LogP contribution in [0, 0.1) is 28.4 Å². The third-order valence-corrected chi connectivity index (χ3v) is 1.69. The molecule has 0 radical (unpaired) electrons. The van der Waals surface area contributed by atoms with Gasteiger partial charge in [-0.2, -0.15) is 5.26 Å². The van der Waals surface area contributed by atoms with Crippen molar-refractivity contribution in [1.29, 1.82) is 5.26 Å². The van der Waals surface area contributed by atoms with E-state index in [4.69, 9.17) is 11.0 Å². The van der Waals surface area contributed by atoms with E-state index in [1.807, 2.05) is 6.07 Å². The molecule has 1 rings (SSSR count). The number of nitrogen functional groups attached to an aromatic ring is 1. The highest BCUT2D eigenvalue weighted by atomic mass is 16.6. The van der Waals surface area contributed by atoms with E-state index in [9.17, 15) is 10.1 Å². The van der Waals surface area contributed by atoms with Gasteiger partial charge in [-0.3, -0.25) is 10.1 Å². The first-order valence-electron chi connectivity index (χ1n) is 3.51. The highest BCUT2D eigenvalue weighted by molar-refractivity contribution is 5.63. The summed E-state index contributed by atoms with van der Waals surface area (Å²) in [5.41, 5.74) is 6.18. The van der Waals surface area contributed by atoms with Crippen LogP contribution in [0.3, 0.4) is 0 Å². The Balaban J connectivity index is 3.41. The molecule has 5 heteroatoms. The minimum atomic E-state index is -0.602. The van der Waals surface area contributed by atoms with E-state index in [1.165, 1.54) is 12.1 Å². The number of aryl methyl sites for hydroxylation is 1. The molecule has 0 fully saturated rings. The normalized spacial score (nSPS) is 9.23. The van der Waals surface area contributed by atoms with E-state index in [0.717, 1.165) is 0 Å². The highest BCUT2D eigenvalue weighted by Gasteiger charge is 2.13. The summed E-state index contributed by atoms with van der Waals surface area (Å²) < 4.78 is 0. The number of nitriles is 1. The molecule has 13 heavy (non-hydrogen) atoms. The van der Waals surface area contributed by atoms with Crippen LogP contribution in [0.25, 0.3) is 0 Å². The number of rotatable bonds is 1. The van der Waals surface area contributed by atoms with E-state index in [1.54, 1.807) is 6.92 Å². The first kappa shape index (κ1) is 9.00. The first-order chi connectivity index (χ1) is 6.06. The Labute approximate surface area is 74.5 Å². The second kappa shape index (κ2) is 3.11. The van der Waals surface area contributed by atoms with Crippen LogP contribution in [0.4, 0.5) is 11.4 Å². The van der Waals surface area contributed by atoms with Gasteiger partial charge in [-0.1, -0.05) is 0 Å². The molecule has 0 saturated carbocycles. The van der Waals surface area contributed by atoms with Crippen LogP contribution in [-0.2, 0) is 0 Å². The van der Waals surface area contributed by atoms with Gasteiger partial charge in [0, 0.05) is 6.07 Å². The number of nitro groups is 1. The van der Waals surface area contributed by atoms with Crippen molar-refractivity contribution in [3.05, 3.63) is 33.4 Å². The Hall–Kier alpha value is -2.09. The van der Waals surface area contributed by atoms with Crippen molar-refractivity contribution in [1.82, 2.24) is 0 Å². The molecule has 1 aromatic carbocycles. The molecule has 0 unspecified atom stereocenters. The van der Waals surface area contributed by atoms with E-state index in [0.29, 0.717) is 5.56 Å². The van der Waals surface area contributed by atoms with Crippen molar-refractivity contribution in [2.24, 2.45) is 0 Å². The Kier molecular flexibility index (Phi) is 2.15. The zero-order valence-electron chi connectivity index (χ0n) is 6.94. The smallest absolute Gasteiger partial charge is 0.293 e. The summed E-state index contributed by atoms with van der Waals surface area (Å²) in [7, 11) is 0. The third-order valence-electron chi connectivity index (χ3n) is 1.69. The van der Waals surface area contributed by atoms with Gasteiger partial charge in [-0.05, 0) is 18.6 Å². The van der Waals surface area contributed by atoms with Crippen LogP contribution in [0.1, 0.15) is 11.1 Å². The fourth-order valence-corrected chi connectivity index (χ4v) is 0.997. The van der Waals surface area contributed by atoms with Crippen LogP contribution in [0.15, 0.2) is 12.1 Å². The van der Waals surface area contributed by atoms with Crippen molar-refractivity contribution >= 4 is 11.4 Å². The Bertz CT molecular complexity index is 407. The van der Waals surface area contributed by atoms with Gasteiger partial charge in [0.15, 0.2) is 0 Å². The fraction of sp³-hybridized carbons (Fsp3) is 0.125. The van der Waals surface area contributed by atoms with Crippen molar-refractivity contribution in [3.63, 3.8) is 0 Å². The summed E-state index contributed by atoms with van der Waals surface area (Å²) in [5, 5.41) is 19.0. The molecular formula is C8H7N3O2. The Morgan fingerprint density at radius 1 is 1.62 bits per heavy atom. The molecule has 0 aromatic heterocycles. The Morgan fingerprint density at radius 3 is 2.69 bits per heavy atom. The van der Waals surface area contributed by atoms with Crippen LogP contribution < -0.4 is 5.73 Å². The molecule has 5 nitrogen and oxygen atoms in total. The Morgan fingerprint density at radius 2 is 2.23 bits per heavy atom. The van der Waals surface area contributed by atoms with E-state index < -0.39 is 4.92 Å². The van der Waals surface area contributed by atoms with E-state index >= 15 is 0 Å². The quantitative estimate of drug-likeness (QED) is 0.398. The molecule has 0 amide bonds. The van der Waals surface area contributed by atoms with Gasteiger partial charge in [-0.25, -0.2) is 0 Å². The molecule has 0 atom stereocenters. The summed E-state index contributed by atoms with van der Waals surface area (Å²) in [5.74, 6) is 0. The van der Waals surface area contributed by atoms with Crippen LogP contribution in [0.2, 0.25) is 0 Å². The predicted molar refractivity (Wildman–Crippen MR) is 47.0 cm³/mol. The van der Waals surface area contributed by atoms with Gasteiger partial charge in [0.2, 0.25) is 0 Å². The molecule has 0 saturated heterocycles. The topological polar surface area (TPSA) is 92.9 Å². The van der Waals surface area contributed by atoms with Crippen molar-refractivity contribution < 1.29 is 4.92 Å². The van der Waals surface area contributed by atoms with E-state index in [2.05, 4.69) is 0 Å². The summed E-state index contributed by atoms with van der Waals surface area (Å²) in [4.78, 5) is 9.82. The zero-order valence-corrected chi connectivity index (χ0v) is 6.94. The van der Waals surface area contributed by atoms with Gasteiger partial charge in [0.05, 0.1) is 16.6 Å². The van der Waals surface area contributed by atoms with Crippen LogP contribution in [0.5, 0.6) is 0 Å². The molecule has 0 aliphatic carbocycles. The number of anilines is 1. The fourth-order valence-electron chi connectivity index (χ4n) is 0.997. The van der Waals surface area contributed by atoms with Gasteiger partial charge in [-0.15, -0.1) is 0 Å². The predicted octanol–water partition coefficient (Wildman–Crippen LogP) is 1.36. The highest BCUT2D eigenvalue weighted by Crippen LogP contribution is 2.24.